The van der Waals surface area contributed by atoms with Gasteiger partial charge in [-0.15, -0.1) is 11.8 Å². The number of carboxylic acid groups (broad SMARTS) is 1. The van der Waals surface area contributed by atoms with Crippen LogP contribution in [0.25, 0.3) is 0 Å². The van der Waals surface area contributed by atoms with E-state index in [9.17, 15) is 9.59 Å². The number of hydrogen-bond donors (Lipinski definition) is 2. The first-order valence-electron chi connectivity index (χ1n) is 6.17. The summed E-state index contributed by atoms with van der Waals surface area (Å²) in [5.41, 5.74) is 2.34. The van der Waals surface area contributed by atoms with Crippen molar-refractivity contribution in [3.63, 3.8) is 0 Å². The lowest BCUT2D eigenvalue weighted by atomic mass is 10.2. The minimum atomic E-state index is -0.834. The van der Waals surface area contributed by atoms with Gasteiger partial charge >= 0.3 is 5.97 Å². The van der Waals surface area contributed by atoms with Crippen LogP contribution < -0.4 is 5.32 Å². The van der Waals surface area contributed by atoms with E-state index < -0.39 is 5.97 Å². The SMILES string of the molecule is Cc1ccc(C)c(SCC(=O)NCCCC(=O)O)c1. The number of aryl methyl sites for hydroxylation is 2. The van der Waals surface area contributed by atoms with Gasteiger partial charge in [0.2, 0.25) is 5.91 Å². The van der Waals surface area contributed by atoms with Crippen LogP contribution in [-0.2, 0) is 9.59 Å². The Balaban J connectivity index is 2.30. The fourth-order valence-electron chi connectivity index (χ4n) is 1.52. The van der Waals surface area contributed by atoms with Crippen LogP contribution in [0.1, 0.15) is 24.0 Å². The molecule has 1 aromatic carbocycles. The molecule has 0 aliphatic carbocycles. The van der Waals surface area contributed by atoms with Crippen LogP contribution in [0.4, 0.5) is 0 Å². The Morgan fingerprint density at radius 3 is 2.74 bits per heavy atom. The summed E-state index contributed by atoms with van der Waals surface area (Å²) in [6.07, 6.45) is 0.555. The second kappa shape index (κ2) is 7.84. The molecular weight excluding hydrogens is 262 g/mol. The lowest BCUT2D eigenvalue weighted by Gasteiger charge is -2.07. The number of carbonyl (C=O) groups excluding carboxylic acids is 1. The van der Waals surface area contributed by atoms with E-state index in [1.165, 1.54) is 17.3 Å². The number of carbonyl (C=O) groups is 2. The van der Waals surface area contributed by atoms with Crippen LogP contribution in [0.2, 0.25) is 0 Å². The molecule has 0 aliphatic rings. The second-order valence-electron chi connectivity index (χ2n) is 4.40. The molecule has 1 aromatic rings. The summed E-state index contributed by atoms with van der Waals surface area (Å²) in [5.74, 6) is -0.535. The van der Waals surface area contributed by atoms with Crippen LogP contribution in [0.3, 0.4) is 0 Å². The first kappa shape index (κ1) is 15.6. The predicted octanol–water partition coefficient (Wildman–Crippen LogP) is 2.38. The summed E-state index contributed by atoms with van der Waals surface area (Å²) >= 11 is 1.51. The standard InChI is InChI=1S/C14H19NO3S/c1-10-5-6-11(2)12(8-10)19-9-13(16)15-7-3-4-14(17)18/h5-6,8H,3-4,7,9H2,1-2H3,(H,15,16)(H,17,18). The van der Waals surface area contributed by atoms with Crippen molar-refractivity contribution in [2.24, 2.45) is 0 Å². The van der Waals surface area contributed by atoms with Crippen molar-refractivity contribution in [3.8, 4) is 0 Å². The molecule has 0 atom stereocenters. The Morgan fingerprint density at radius 1 is 1.32 bits per heavy atom. The summed E-state index contributed by atoms with van der Waals surface area (Å²) in [6.45, 7) is 4.46. The monoisotopic (exact) mass is 281 g/mol. The molecule has 1 amide bonds. The molecule has 1 rings (SSSR count). The quantitative estimate of drug-likeness (QED) is 0.595. The van der Waals surface area contributed by atoms with Crippen molar-refractivity contribution >= 4 is 23.6 Å². The van der Waals surface area contributed by atoms with Crippen LogP contribution in [0.15, 0.2) is 23.1 Å². The van der Waals surface area contributed by atoms with Crippen molar-refractivity contribution < 1.29 is 14.7 Å². The highest BCUT2D eigenvalue weighted by atomic mass is 32.2. The molecule has 0 aromatic heterocycles. The largest absolute Gasteiger partial charge is 0.481 e. The maximum atomic E-state index is 11.6. The molecule has 0 heterocycles. The van der Waals surface area contributed by atoms with Crippen molar-refractivity contribution in [1.82, 2.24) is 5.32 Å². The third kappa shape index (κ3) is 6.29. The summed E-state index contributed by atoms with van der Waals surface area (Å²) in [5, 5.41) is 11.2. The van der Waals surface area contributed by atoms with Crippen LogP contribution >= 0.6 is 11.8 Å². The number of rotatable bonds is 7. The zero-order valence-corrected chi connectivity index (χ0v) is 12.0. The Morgan fingerprint density at radius 2 is 2.05 bits per heavy atom. The summed E-state index contributed by atoms with van der Waals surface area (Å²) in [4.78, 5) is 23.0. The fourth-order valence-corrected chi connectivity index (χ4v) is 2.48. The molecular formula is C14H19NO3S. The number of hydrogen-bond acceptors (Lipinski definition) is 3. The number of carboxylic acids is 1. The summed E-state index contributed by atoms with van der Waals surface area (Å²) < 4.78 is 0. The van der Waals surface area contributed by atoms with Crippen molar-refractivity contribution in [2.75, 3.05) is 12.3 Å². The molecule has 2 N–H and O–H groups in total. The van der Waals surface area contributed by atoms with Crippen LogP contribution in [-0.4, -0.2) is 29.3 Å². The third-order valence-corrected chi connectivity index (χ3v) is 3.75. The molecule has 19 heavy (non-hydrogen) atoms. The van der Waals surface area contributed by atoms with Gasteiger partial charge in [-0.05, 0) is 31.9 Å². The van der Waals surface area contributed by atoms with E-state index in [-0.39, 0.29) is 12.3 Å². The molecule has 104 valence electrons. The van der Waals surface area contributed by atoms with Crippen molar-refractivity contribution in [3.05, 3.63) is 29.3 Å². The normalized spacial score (nSPS) is 10.2. The highest BCUT2D eigenvalue weighted by Gasteiger charge is 2.05. The minimum absolute atomic E-state index is 0.0590. The van der Waals surface area contributed by atoms with Crippen LogP contribution in [0, 0.1) is 13.8 Å². The molecule has 0 saturated carbocycles. The number of amides is 1. The Hall–Kier alpha value is -1.49. The van der Waals surface area contributed by atoms with Gasteiger partial charge in [0, 0.05) is 17.9 Å². The van der Waals surface area contributed by atoms with E-state index in [0.29, 0.717) is 18.7 Å². The van der Waals surface area contributed by atoms with Gasteiger partial charge in [-0.1, -0.05) is 17.7 Å². The highest BCUT2D eigenvalue weighted by molar-refractivity contribution is 8.00. The Bertz CT molecular complexity index is 460. The number of nitrogens with one attached hydrogen (secondary N) is 1. The van der Waals surface area contributed by atoms with E-state index in [4.69, 9.17) is 5.11 Å². The molecule has 0 aliphatic heterocycles. The number of thioether (sulfide) groups is 1. The topological polar surface area (TPSA) is 66.4 Å². The van der Waals surface area contributed by atoms with Crippen molar-refractivity contribution in [1.29, 1.82) is 0 Å². The fraction of sp³-hybridized carbons (Fsp3) is 0.429. The first-order chi connectivity index (χ1) is 8.99. The van der Waals surface area contributed by atoms with Gasteiger partial charge in [0.05, 0.1) is 5.75 Å². The van der Waals surface area contributed by atoms with Gasteiger partial charge < -0.3 is 10.4 Å². The Labute approximate surface area is 117 Å². The van der Waals surface area contributed by atoms with Gasteiger partial charge in [-0.3, -0.25) is 9.59 Å². The number of benzene rings is 1. The highest BCUT2D eigenvalue weighted by Crippen LogP contribution is 2.23. The van der Waals surface area contributed by atoms with Crippen molar-refractivity contribution in [2.45, 2.75) is 31.6 Å². The van der Waals surface area contributed by atoms with E-state index in [2.05, 4.69) is 11.4 Å². The average Bonchev–Trinajstić information content (AvgIpc) is 2.35. The molecule has 0 bridgehead atoms. The molecule has 5 heteroatoms. The molecule has 0 spiro atoms. The number of aliphatic carboxylic acids is 1. The van der Waals surface area contributed by atoms with Gasteiger partial charge in [0.25, 0.3) is 0 Å². The summed E-state index contributed by atoms with van der Waals surface area (Å²) in [6, 6.07) is 6.16. The van der Waals surface area contributed by atoms with Crippen LogP contribution in [0.5, 0.6) is 0 Å². The van der Waals surface area contributed by atoms with E-state index in [0.717, 1.165) is 10.5 Å². The van der Waals surface area contributed by atoms with Gasteiger partial charge in [0.1, 0.15) is 0 Å². The van der Waals surface area contributed by atoms with E-state index >= 15 is 0 Å². The lowest BCUT2D eigenvalue weighted by Crippen LogP contribution is -2.26. The molecule has 4 nitrogen and oxygen atoms in total. The zero-order valence-electron chi connectivity index (χ0n) is 11.2. The molecule has 0 radical (unpaired) electrons. The van der Waals surface area contributed by atoms with E-state index in [1.807, 2.05) is 26.0 Å². The first-order valence-corrected chi connectivity index (χ1v) is 7.16. The smallest absolute Gasteiger partial charge is 0.303 e. The lowest BCUT2D eigenvalue weighted by molar-refractivity contribution is -0.137. The average molecular weight is 281 g/mol. The second-order valence-corrected chi connectivity index (χ2v) is 5.42. The van der Waals surface area contributed by atoms with Gasteiger partial charge in [0.15, 0.2) is 0 Å². The predicted molar refractivity (Wildman–Crippen MR) is 76.5 cm³/mol. The Kier molecular flexibility index (Phi) is 6.42. The summed E-state index contributed by atoms with van der Waals surface area (Å²) in [7, 11) is 0. The zero-order chi connectivity index (χ0) is 14.3. The minimum Gasteiger partial charge on any atom is -0.481 e. The molecule has 0 unspecified atom stereocenters. The third-order valence-electron chi connectivity index (χ3n) is 2.59. The van der Waals surface area contributed by atoms with E-state index in [1.54, 1.807) is 0 Å². The molecule has 0 fully saturated rings. The van der Waals surface area contributed by atoms with Gasteiger partial charge in [-0.25, -0.2) is 0 Å². The maximum absolute atomic E-state index is 11.6. The molecule has 0 saturated heterocycles. The maximum Gasteiger partial charge on any atom is 0.303 e. The van der Waals surface area contributed by atoms with Gasteiger partial charge in [-0.2, -0.15) is 0 Å².